The van der Waals surface area contributed by atoms with E-state index in [1.165, 1.54) is 15.6 Å². The largest absolute Gasteiger partial charge is 0.368 e. The molecule has 0 spiro atoms. The number of anilines is 1. The van der Waals surface area contributed by atoms with Gasteiger partial charge in [-0.05, 0) is 30.9 Å². The Balaban J connectivity index is 1.58. The molecule has 152 valence electrons. The summed E-state index contributed by atoms with van der Waals surface area (Å²) in [5.74, 6) is -0.653. The minimum Gasteiger partial charge on any atom is -0.368 e. The first-order chi connectivity index (χ1) is 13.3. The van der Waals surface area contributed by atoms with Crippen molar-refractivity contribution in [1.29, 1.82) is 0 Å². The van der Waals surface area contributed by atoms with Crippen LogP contribution in [0.5, 0.6) is 0 Å². The van der Waals surface area contributed by atoms with Gasteiger partial charge in [-0.2, -0.15) is 5.10 Å². The van der Waals surface area contributed by atoms with Gasteiger partial charge in [-0.1, -0.05) is 18.2 Å². The number of amides is 2. The molecule has 0 saturated carbocycles. The zero-order valence-electron chi connectivity index (χ0n) is 15.7. The number of nitrogens with zero attached hydrogens (tertiary/aromatic N) is 3. The quantitative estimate of drug-likeness (QED) is 0.681. The first-order valence-electron chi connectivity index (χ1n) is 9.20. The third kappa shape index (κ3) is 4.68. The van der Waals surface area contributed by atoms with Crippen molar-refractivity contribution < 1.29 is 18.0 Å². The van der Waals surface area contributed by atoms with Crippen molar-refractivity contribution >= 4 is 33.2 Å². The number of benzene rings is 1. The molecule has 1 aromatic rings. The predicted octanol–water partition coefficient (Wildman–Crippen LogP) is -0.106. The Hall–Kier alpha value is -2.46. The number of hydrazone groups is 1. The second-order valence-electron chi connectivity index (χ2n) is 7.16. The van der Waals surface area contributed by atoms with Crippen LogP contribution in [0.1, 0.15) is 19.3 Å². The zero-order valence-corrected chi connectivity index (χ0v) is 16.6. The highest BCUT2D eigenvalue weighted by Gasteiger charge is 2.35. The molecule has 1 atom stereocenters. The average molecular weight is 407 g/mol. The highest BCUT2D eigenvalue weighted by molar-refractivity contribution is 7.88. The van der Waals surface area contributed by atoms with Crippen LogP contribution >= 0.6 is 0 Å². The van der Waals surface area contributed by atoms with Crippen molar-refractivity contribution in [3.8, 4) is 0 Å². The summed E-state index contributed by atoms with van der Waals surface area (Å²) in [6.45, 7) is 1.37. The summed E-state index contributed by atoms with van der Waals surface area (Å²) in [4.78, 5) is 24.3. The topological polar surface area (TPSA) is 125 Å². The van der Waals surface area contributed by atoms with Crippen LogP contribution in [-0.2, 0) is 19.6 Å². The minimum absolute atomic E-state index is 0.155. The maximum atomic E-state index is 12.5. The Morgan fingerprint density at radius 3 is 2.43 bits per heavy atom. The van der Waals surface area contributed by atoms with E-state index in [0.29, 0.717) is 38.2 Å². The molecule has 2 aliphatic heterocycles. The Kier molecular flexibility index (Phi) is 5.99. The first kappa shape index (κ1) is 20.3. The molecule has 1 aromatic carbocycles. The van der Waals surface area contributed by atoms with Gasteiger partial charge in [0.15, 0.2) is 0 Å². The van der Waals surface area contributed by atoms with Crippen molar-refractivity contribution in [1.82, 2.24) is 9.62 Å². The predicted molar refractivity (Wildman–Crippen MR) is 106 cm³/mol. The molecule has 28 heavy (non-hydrogen) atoms. The molecule has 3 N–H and O–H groups in total. The lowest BCUT2D eigenvalue weighted by atomic mass is 9.98. The summed E-state index contributed by atoms with van der Waals surface area (Å²) in [6, 6.07) is 8.41. The van der Waals surface area contributed by atoms with Gasteiger partial charge >= 0.3 is 0 Å². The first-order valence-corrected chi connectivity index (χ1v) is 11.0. The van der Waals surface area contributed by atoms with Crippen molar-refractivity contribution in [2.45, 2.75) is 25.3 Å². The summed E-state index contributed by atoms with van der Waals surface area (Å²) in [6.07, 6.45) is 2.75. The number of primary amides is 1. The van der Waals surface area contributed by atoms with E-state index >= 15 is 0 Å². The van der Waals surface area contributed by atoms with Gasteiger partial charge in [0.2, 0.25) is 15.9 Å². The fraction of sp³-hybridized carbons (Fsp3) is 0.500. The third-order valence-corrected chi connectivity index (χ3v) is 6.42. The summed E-state index contributed by atoms with van der Waals surface area (Å²) < 4.78 is 24.6. The van der Waals surface area contributed by atoms with Crippen molar-refractivity contribution in [3.63, 3.8) is 0 Å². The molecule has 2 heterocycles. The summed E-state index contributed by atoms with van der Waals surface area (Å²) >= 11 is 0. The summed E-state index contributed by atoms with van der Waals surface area (Å²) in [5.41, 5.74) is 6.45. The van der Waals surface area contributed by atoms with Crippen LogP contribution in [0.15, 0.2) is 35.4 Å². The number of sulfonamides is 1. The average Bonchev–Trinajstić information content (AvgIpc) is 3.12. The maximum absolute atomic E-state index is 12.5. The molecule has 0 aromatic heterocycles. The fourth-order valence-electron chi connectivity index (χ4n) is 3.47. The van der Waals surface area contributed by atoms with Gasteiger partial charge in [-0.3, -0.25) is 14.6 Å². The van der Waals surface area contributed by atoms with Crippen molar-refractivity contribution in [2.24, 2.45) is 16.8 Å². The molecular weight excluding hydrogens is 382 g/mol. The van der Waals surface area contributed by atoms with Crippen LogP contribution in [0.25, 0.3) is 0 Å². The Bertz CT molecular complexity index is 863. The zero-order chi connectivity index (χ0) is 20.3. The van der Waals surface area contributed by atoms with E-state index in [4.69, 9.17) is 5.73 Å². The van der Waals surface area contributed by atoms with Gasteiger partial charge < -0.3 is 11.1 Å². The van der Waals surface area contributed by atoms with Crippen LogP contribution in [0.3, 0.4) is 0 Å². The van der Waals surface area contributed by atoms with Gasteiger partial charge in [0, 0.05) is 26.1 Å². The lowest BCUT2D eigenvalue weighted by molar-refractivity contribution is -0.119. The molecule has 2 aliphatic rings. The van der Waals surface area contributed by atoms with Crippen LogP contribution in [0.2, 0.25) is 0 Å². The van der Waals surface area contributed by atoms with E-state index in [-0.39, 0.29) is 24.0 Å². The highest BCUT2D eigenvalue weighted by Crippen LogP contribution is 2.24. The van der Waals surface area contributed by atoms with E-state index in [1.54, 1.807) is 12.1 Å². The van der Waals surface area contributed by atoms with Crippen LogP contribution in [0.4, 0.5) is 5.69 Å². The smallest absolute Gasteiger partial charge is 0.267 e. The molecule has 2 amide bonds. The molecule has 1 saturated heterocycles. The molecule has 1 unspecified atom stereocenters. The molecule has 10 heteroatoms. The number of rotatable bonds is 6. The monoisotopic (exact) mass is 407 g/mol. The van der Waals surface area contributed by atoms with Gasteiger partial charge in [0.05, 0.1) is 11.9 Å². The van der Waals surface area contributed by atoms with E-state index in [2.05, 4.69) is 10.4 Å². The number of piperidine rings is 1. The number of carbonyl (C=O) groups excluding carboxylic acids is 2. The molecular formula is C18H25N5O4S. The number of carbonyl (C=O) groups is 2. The van der Waals surface area contributed by atoms with E-state index < -0.39 is 22.0 Å². The van der Waals surface area contributed by atoms with E-state index in [9.17, 15) is 18.0 Å². The lowest BCUT2D eigenvalue weighted by Crippen LogP contribution is -2.42. The number of hydrogen-bond acceptors (Lipinski definition) is 6. The fourth-order valence-corrected chi connectivity index (χ4v) is 4.35. The summed E-state index contributed by atoms with van der Waals surface area (Å²) in [5, 5.41) is 8.67. The molecule has 0 aliphatic carbocycles. The van der Waals surface area contributed by atoms with E-state index in [1.807, 2.05) is 18.2 Å². The normalized spacial score (nSPS) is 21.4. The Labute approximate surface area is 164 Å². The molecule has 3 rings (SSSR count). The Morgan fingerprint density at radius 2 is 1.86 bits per heavy atom. The van der Waals surface area contributed by atoms with Crippen LogP contribution in [-0.4, -0.2) is 62.2 Å². The second-order valence-corrected chi connectivity index (χ2v) is 9.15. The van der Waals surface area contributed by atoms with Crippen LogP contribution < -0.4 is 16.1 Å². The SMILES string of the molecule is CS(=O)(=O)N1CCC(CNC(=O)C2=NN(c3ccccc3)C(C(N)=O)C2)CC1. The number of nitrogens with two attached hydrogens (primary N) is 1. The van der Waals surface area contributed by atoms with Gasteiger partial charge in [0.25, 0.3) is 5.91 Å². The molecule has 0 radical (unpaired) electrons. The van der Waals surface area contributed by atoms with Crippen molar-refractivity contribution in [2.75, 3.05) is 30.9 Å². The standard InChI is InChI=1S/C18H25N5O4S/c1-28(26,27)22-9-7-13(8-10-22)12-20-18(25)15-11-16(17(19)24)23(21-15)14-5-3-2-4-6-14/h2-6,13,16H,7-12H2,1H3,(H2,19,24)(H,20,25). The van der Waals surface area contributed by atoms with E-state index in [0.717, 1.165) is 0 Å². The van der Waals surface area contributed by atoms with Gasteiger partial charge in [-0.15, -0.1) is 0 Å². The lowest BCUT2D eigenvalue weighted by Gasteiger charge is -2.30. The summed E-state index contributed by atoms with van der Waals surface area (Å²) in [7, 11) is -3.16. The Morgan fingerprint density at radius 1 is 1.21 bits per heavy atom. The number of para-hydroxylation sites is 1. The van der Waals surface area contributed by atoms with Crippen LogP contribution in [0, 0.1) is 5.92 Å². The van der Waals surface area contributed by atoms with Gasteiger partial charge in [0.1, 0.15) is 11.8 Å². The molecule has 1 fully saturated rings. The number of nitrogens with one attached hydrogen (secondary N) is 1. The van der Waals surface area contributed by atoms with Gasteiger partial charge in [-0.25, -0.2) is 12.7 Å². The van der Waals surface area contributed by atoms with Crippen molar-refractivity contribution in [3.05, 3.63) is 30.3 Å². The third-order valence-electron chi connectivity index (χ3n) is 5.12. The molecule has 0 bridgehead atoms. The molecule has 9 nitrogen and oxygen atoms in total. The maximum Gasteiger partial charge on any atom is 0.267 e. The minimum atomic E-state index is -3.16. The number of hydrogen-bond donors (Lipinski definition) is 2. The second kappa shape index (κ2) is 8.27. The highest BCUT2D eigenvalue weighted by atomic mass is 32.2.